The lowest BCUT2D eigenvalue weighted by atomic mass is 10.1. The molecule has 0 bridgehead atoms. The molecular formula is C21H28N4O2. The van der Waals surface area contributed by atoms with Crippen molar-refractivity contribution in [1.29, 1.82) is 0 Å². The lowest BCUT2D eigenvalue weighted by Gasteiger charge is -2.35. The van der Waals surface area contributed by atoms with Gasteiger partial charge in [-0.25, -0.2) is 9.97 Å². The third-order valence-electron chi connectivity index (χ3n) is 5.09. The van der Waals surface area contributed by atoms with Gasteiger partial charge in [0, 0.05) is 44.8 Å². The molecule has 0 aliphatic carbocycles. The summed E-state index contributed by atoms with van der Waals surface area (Å²) in [7, 11) is 0. The molecule has 1 N–H and O–H groups in total. The van der Waals surface area contributed by atoms with Gasteiger partial charge in [-0.15, -0.1) is 0 Å². The molecule has 27 heavy (non-hydrogen) atoms. The maximum Gasteiger partial charge on any atom is 0.257 e. The van der Waals surface area contributed by atoms with Crippen LogP contribution in [-0.4, -0.2) is 57.0 Å². The predicted octanol–water partition coefficient (Wildman–Crippen LogP) is 2.36. The van der Waals surface area contributed by atoms with Crippen LogP contribution in [0.1, 0.15) is 52.8 Å². The van der Waals surface area contributed by atoms with Crippen molar-refractivity contribution in [2.75, 3.05) is 26.2 Å². The Morgan fingerprint density at radius 3 is 2.41 bits per heavy atom. The molecule has 144 valence electrons. The van der Waals surface area contributed by atoms with Crippen molar-refractivity contribution in [3.8, 4) is 0 Å². The molecule has 1 aliphatic heterocycles. The van der Waals surface area contributed by atoms with Crippen molar-refractivity contribution >= 4 is 5.91 Å². The molecule has 1 aromatic heterocycles. The minimum absolute atomic E-state index is 0.0122. The van der Waals surface area contributed by atoms with Crippen LogP contribution in [0.25, 0.3) is 0 Å². The Labute approximate surface area is 160 Å². The van der Waals surface area contributed by atoms with Gasteiger partial charge in [0.05, 0.1) is 17.9 Å². The number of aliphatic hydroxyl groups is 1. The van der Waals surface area contributed by atoms with E-state index in [0.29, 0.717) is 18.7 Å². The number of aryl methyl sites for hydroxylation is 1. The van der Waals surface area contributed by atoms with E-state index in [2.05, 4.69) is 20.9 Å². The summed E-state index contributed by atoms with van der Waals surface area (Å²) in [4.78, 5) is 25.9. The largest absolute Gasteiger partial charge is 0.392 e. The number of aliphatic hydroxyl groups excluding tert-OH is 1. The first-order valence-electron chi connectivity index (χ1n) is 9.52. The molecule has 0 spiro atoms. The minimum Gasteiger partial charge on any atom is -0.392 e. The van der Waals surface area contributed by atoms with Crippen LogP contribution < -0.4 is 0 Å². The van der Waals surface area contributed by atoms with E-state index < -0.39 is 0 Å². The molecule has 1 amide bonds. The molecule has 1 aliphatic rings. The fraction of sp³-hybridized carbons (Fsp3) is 0.476. The van der Waals surface area contributed by atoms with Crippen LogP contribution in [0, 0.1) is 6.92 Å². The van der Waals surface area contributed by atoms with Crippen LogP contribution >= 0.6 is 0 Å². The molecular weight excluding hydrogens is 340 g/mol. The van der Waals surface area contributed by atoms with Gasteiger partial charge < -0.3 is 10.0 Å². The summed E-state index contributed by atoms with van der Waals surface area (Å²) in [6.45, 7) is 9.82. The topological polar surface area (TPSA) is 69.6 Å². The number of hydrogen-bond acceptors (Lipinski definition) is 5. The molecule has 1 aromatic carbocycles. The fourth-order valence-electron chi connectivity index (χ4n) is 3.36. The Morgan fingerprint density at radius 1 is 1.15 bits per heavy atom. The molecule has 0 atom stereocenters. The molecule has 3 rings (SSSR count). The van der Waals surface area contributed by atoms with Crippen molar-refractivity contribution in [3.05, 3.63) is 58.7 Å². The van der Waals surface area contributed by atoms with Crippen molar-refractivity contribution < 1.29 is 9.90 Å². The Morgan fingerprint density at radius 2 is 1.81 bits per heavy atom. The van der Waals surface area contributed by atoms with Gasteiger partial charge in [-0.1, -0.05) is 38.1 Å². The highest BCUT2D eigenvalue weighted by molar-refractivity contribution is 5.95. The minimum atomic E-state index is 0.0122. The van der Waals surface area contributed by atoms with E-state index in [1.807, 2.05) is 43.9 Å². The van der Waals surface area contributed by atoms with Crippen molar-refractivity contribution in [2.24, 2.45) is 0 Å². The quantitative estimate of drug-likeness (QED) is 0.877. The highest BCUT2D eigenvalue weighted by Gasteiger charge is 2.24. The number of aromatic nitrogens is 2. The second-order valence-corrected chi connectivity index (χ2v) is 7.38. The first-order valence-corrected chi connectivity index (χ1v) is 9.52. The maximum absolute atomic E-state index is 12.9. The summed E-state index contributed by atoms with van der Waals surface area (Å²) in [5.41, 5.74) is 3.46. The molecule has 0 radical (unpaired) electrons. The number of rotatable bonds is 5. The lowest BCUT2D eigenvalue weighted by molar-refractivity contribution is 0.0626. The highest BCUT2D eigenvalue weighted by atomic mass is 16.3. The number of benzene rings is 1. The van der Waals surface area contributed by atoms with E-state index in [1.54, 1.807) is 6.20 Å². The Bertz CT molecular complexity index is 799. The first kappa shape index (κ1) is 19.5. The number of carbonyl (C=O) groups is 1. The fourth-order valence-corrected chi connectivity index (χ4v) is 3.36. The zero-order valence-corrected chi connectivity index (χ0v) is 16.4. The van der Waals surface area contributed by atoms with Crippen LogP contribution in [0.15, 0.2) is 30.5 Å². The second kappa shape index (κ2) is 8.59. The van der Waals surface area contributed by atoms with Crippen molar-refractivity contribution in [1.82, 2.24) is 19.8 Å². The molecule has 6 heteroatoms. The normalized spacial score (nSPS) is 15.4. The smallest absolute Gasteiger partial charge is 0.257 e. The van der Waals surface area contributed by atoms with Crippen molar-refractivity contribution in [2.45, 2.75) is 39.8 Å². The molecule has 2 aromatic rings. The number of piperazine rings is 1. The van der Waals surface area contributed by atoms with Gasteiger partial charge in [0.2, 0.25) is 0 Å². The first-order chi connectivity index (χ1) is 13.0. The summed E-state index contributed by atoms with van der Waals surface area (Å²) in [6.07, 6.45) is 1.67. The van der Waals surface area contributed by atoms with Crippen LogP contribution in [0.5, 0.6) is 0 Å². The number of carbonyl (C=O) groups excluding carboxylic acids is 1. The van der Waals surface area contributed by atoms with Crippen molar-refractivity contribution in [3.63, 3.8) is 0 Å². The Kier molecular flexibility index (Phi) is 6.19. The lowest BCUT2D eigenvalue weighted by Crippen LogP contribution is -2.48. The maximum atomic E-state index is 12.9. The van der Waals surface area contributed by atoms with Crippen LogP contribution in [-0.2, 0) is 13.2 Å². The van der Waals surface area contributed by atoms with E-state index in [-0.39, 0.29) is 18.4 Å². The second-order valence-electron chi connectivity index (χ2n) is 7.38. The van der Waals surface area contributed by atoms with E-state index in [1.165, 1.54) is 0 Å². The van der Waals surface area contributed by atoms with E-state index in [0.717, 1.165) is 42.3 Å². The van der Waals surface area contributed by atoms with E-state index >= 15 is 0 Å². The summed E-state index contributed by atoms with van der Waals surface area (Å²) in [5, 5.41) is 9.49. The van der Waals surface area contributed by atoms with E-state index in [4.69, 9.17) is 0 Å². The third kappa shape index (κ3) is 4.51. The summed E-state index contributed by atoms with van der Waals surface area (Å²) < 4.78 is 0. The molecule has 6 nitrogen and oxygen atoms in total. The van der Waals surface area contributed by atoms with Gasteiger partial charge in [-0.2, -0.15) is 0 Å². The zero-order chi connectivity index (χ0) is 19.4. The Balaban J connectivity index is 1.61. The third-order valence-corrected chi connectivity index (χ3v) is 5.09. The molecule has 0 unspecified atom stereocenters. The monoisotopic (exact) mass is 368 g/mol. The molecule has 0 saturated carbocycles. The van der Waals surface area contributed by atoms with Gasteiger partial charge in [0.25, 0.3) is 5.91 Å². The standard InChI is InChI=1S/C21H28N4O2/c1-15(2)20-22-12-19(16(3)23-20)21(27)25-10-8-24(9-11-25)13-17-6-4-5-7-18(17)14-26/h4-7,12,15,26H,8-11,13-14H2,1-3H3. The highest BCUT2D eigenvalue weighted by Crippen LogP contribution is 2.17. The summed E-state index contributed by atoms with van der Waals surface area (Å²) in [6, 6.07) is 7.96. The summed E-state index contributed by atoms with van der Waals surface area (Å²) >= 11 is 0. The number of nitrogens with zero attached hydrogens (tertiary/aromatic N) is 4. The Hall–Kier alpha value is -2.31. The SMILES string of the molecule is Cc1nc(C(C)C)ncc1C(=O)N1CCN(Cc2ccccc2CO)CC1. The average molecular weight is 368 g/mol. The zero-order valence-electron chi connectivity index (χ0n) is 16.4. The van der Waals surface area contributed by atoms with Crippen LogP contribution in [0.2, 0.25) is 0 Å². The number of hydrogen-bond donors (Lipinski definition) is 1. The van der Waals surface area contributed by atoms with E-state index in [9.17, 15) is 9.90 Å². The molecule has 1 saturated heterocycles. The number of amides is 1. The van der Waals surface area contributed by atoms with Crippen LogP contribution in [0.4, 0.5) is 0 Å². The predicted molar refractivity (Wildman–Crippen MR) is 104 cm³/mol. The molecule has 1 fully saturated rings. The van der Waals surface area contributed by atoms with Gasteiger partial charge in [-0.05, 0) is 18.1 Å². The van der Waals surface area contributed by atoms with Gasteiger partial charge in [0.15, 0.2) is 0 Å². The summed E-state index contributed by atoms with van der Waals surface area (Å²) in [5.74, 6) is 1.04. The average Bonchev–Trinajstić information content (AvgIpc) is 2.68. The molecule has 2 heterocycles. The van der Waals surface area contributed by atoms with Crippen LogP contribution in [0.3, 0.4) is 0 Å². The van der Waals surface area contributed by atoms with Gasteiger partial charge in [-0.3, -0.25) is 9.69 Å². The van der Waals surface area contributed by atoms with Gasteiger partial charge in [0.1, 0.15) is 5.82 Å². The van der Waals surface area contributed by atoms with Gasteiger partial charge >= 0.3 is 0 Å².